The zero-order chi connectivity index (χ0) is 10.0. The first-order valence-electron chi connectivity index (χ1n) is 4.78. The Morgan fingerprint density at radius 3 is 2.23 bits per heavy atom. The Labute approximate surface area is 85.9 Å². The molecule has 1 atom stereocenters. The summed E-state index contributed by atoms with van der Waals surface area (Å²) in [5.41, 5.74) is 2.49. The zero-order valence-electron chi connectivity index (χ0n) is 8.76. The third-order valence-corrected chi connectivity index (χ3v) is 3.13. The van der Waals surface area contributed by atoms with E-state index in [1.54, 1.807) is 0 Å². The minimum Gasteiger partial charge on any atom is -0.0840 e. The number of rotatable bonds is 2. The molecule has 0 spiro atoms. The second-order valence-corrected chi connectivity index (χ2v) is 4.45. The van der Waals surface area contributed by atoms with Gasteiger partial charge in [-0.05, 0) is 36.0 Å². The summed E-state index contributed by atoms with van der Waals surface area (Å²) in [6, 6.07) is 6.35. The van der Waals surface area contributed by atoms with E-state index in [-0.39, 0.29) is 0 Å². The average Bonchev–Trinajstić information content (AvgIpc) is 2.08. The van der Waals surface area contributed by atoms with E-state index in [4.69, 9.17) is 11.6 Å². The summed E-state index contributed by atoms with van der Waals surface area (Å²) in [6.07, 6.45) is 0. The maximum absolute atomic E-state index is 6.06. The lowest BCUT2D eigenvalue weighted by atomic mass is 9.90. The van der Waals surface area contributed by atoms with Crippen molar-refractivity contribution in [3.05, 3.63) is 34.3 Å². The summed E-state index contributed by atoms with van der Waals surface area (Å²) in [5, 5.41) is 0.880. The van der Waals surface area contributed by atoms with Gasteiger partial charge in [-0.1, -0.05) is 44.5 Å². The average molecular weight is 197 g/mol. The molecule has 1 aromatic carbocycles. The molecule has 0 aliphatic rings. The number of hydrogen-bond acceptors (Lipinski definition) is 0. The lowest BCUT2D eigenvalue weighted by Gasteiger charge is -2.16. The summed E-state index contributed by atoms with van der Waals surface area (Å²) in [7, 11) is 0. The third-order valence-electron chi connectivity index (χ3n) is 2.72. The molecule has 0 aliphatic heterocycles. The highest BCUT2D eigenvalue weighted by molar-refractivity contribution is 6.31. The molecule has 0 fully saturated rings. The van der Waals surface area contributed by atoms with Gasteiger partial charge in [0.1, 0.15) is 0 Å². The van der Waals surface area contributed by atoms with E-state index in [1.165, 1.54) is 5.56 Å². The number of halogens is 1. The Bertz CT molecular complexity index is 289. The van der Waals surface area contributed by atoms with Gasteiger partial charge in [0.25, 0.3) is 0 Å². The molecule has 0 aromatic heterocycles. The fourth-order valence-electron chi connectivity index (χ4n) is 1.28. The molecule has 0 radical (unpaired) electrons. The third kappa shape index (κ3) is 2.47. The van der Waals surface area contributed by atoms with Crippen LogP contribution in [0.15, 0.2) is 18.2 Å². The van der Waals surface area contributed by atoms with Crippen LogP contribution in [0.4, 0.5) is 0 Å². The monoisotopic (exact) mass is 196 g/mol. The Kier molecular flexibility index (Phi) is 3.38. The minimum atomic E-state index is 0.582. The van der Waals surface area contributed by atoms with Crippen LogP contribution in [0.1, 0.15) is 37.8 Å². The molecular formula is C12H17Cl. The van der Waals surface area contributed by atoms with Crippen molar-refractivity contribution in [2.75, 3.05) is 0 Å². The van der Waals surface area contributed by atoms with E-state index < -0.39 is 0 Å². The van der Waals surface area contributed by atoms with Crippen LogP contribution in [0.25, 0.3) is 0 Å². The van der Waals surface area contributed by atoms with Crippen LogP contribution in [-0.4, -0.2) is 0 Å². The van der Waals surface area contributed by atoms with E-state index in [9.17, 15) is 0 Å². The smallest absolute Gasteiger partial charge is 0.0438 e. The standard InChI is InChI=1S/C12H17Cl/c1-8(2)10(4)11-6-5-9(3)12(13)7-11/h5-8,10H,1-4H3. The molecule has 0 aliphatic carbocycles. The van der Waals surface area contributed by atoms with Gasteiger partial charge in [0.2, 0.25) is 0 Å². The van der Waals surface area contributed by atoms with Gasteiger partial charge >= 0.3 is 0 Å². The van der Waals surface area contributed by atoms with Gasteiger partial charge in [-0.2, -0.15) is 0 Å². The second kappa shape index (κ2) is 4.15. The van der Waals surface area contributed by atoms with Crippen molar-refractivity contribution in [3.63, 3.8) is 0 Å². The highest BCUT2D eigenvalue weighted by atomic mass is 35.5. The number of hydrogen-bond donors (Lipinski definition) is 0. The lowest BCUT2D eigenvalue weighted by Crippen LogP contribution is -2.01. The maximum Gasteiger partial charge on any atom is 0.0438 e. The summed E-state index contributed by atoms with van der Waals surface area (Å²) in [4.78, 5) is 0. The molecule has 13 heavy (non-hydrogen) atoms. The van der Waals surface area contributed by atoms with Crippen LogP contribution in [0, 0.1) is 12.8 Å². The molecule has 1 rings (SSSR count). The molecule has 0 saturated heterocycles. The van der Waals surface area contributed by atoms with Crippen molar-refractivity contribution < 1.29 is 0 Å². The molecular weight excluding hydrogens is 180 g/mol. The summed E-state index contributed by atoms with van der Waals surface area (Å²) in [5.74, 6) is 1.25. The van der Waals surface area contributed by atoms with Gasteiger partial charge in [-0.25, -0.2) is 0 Å². The zero-order valence-corrected chi connectivity index (χ0v) is 9.52. The van der Waals surface area contributed by atoms with E-state index in [1.807, 2.05) is 6.92 Å². The van der Waals surface area contributed by atoms with E-state index >= 15 is 0 Å². The molecule has 1 aromatic rings. The van der Waals surface area contributed by atoms with E-state index in [2.05, 4.69) is 39.0 Å². The quantitative estimate of drug-likeness (QED) is 0.658. The SMILES string of the molecule is Cc1ccc(C(C)C(C)C)cc1Cl. The van der Waals surface area contributed by atoms with Crippen LogP contribution in [-0.2, 0) is 0 Å². The maximum atomic E-state index is 6.06. The topological polar surface area (TPSA) is 0 Å². The van der Waals surface area contributed by atoms with Gasteiger partial charge in [0, 0.05) is 5.02 Å². The molecule has 1 heteroatoms. The van der Waals surface area contributed by atoms with Crippen molar-refractivity contribution in [2.45, 2.75) is 33.6 Å². The second-order valence-electron chi connectivity index (χ2n) is 4.04. The first-order chi connectivity index (χ1) is 6.02. The normalized spacial score (nSPS) is 13.4. The van der Waals surface area contributed by atoms with Crippen molar-refractivity contribution in [3.8, 4) is 0 Å². The Balaban J connectivity index is 2.97. The van der Waals surface area contributed by atoms with Crippen LogP contribution in [0.3, 0.4) is 0 Å². The van der Waals surface area contributed by atoms with Gasteiger partial charge in [-0.15, -0.1) is 0 Å². The lowest BCUT2D eigenvalue weighted by molar-refractivity contribution is 0.535. The van der Waals surface area contributed by atoms with Gasteiger partial charge in [0.05, 0.1) is 0 Å². The Hall–Kier alpha value is -0.490. The van der Waals surface area contributed by atoms with Crippen LogP contribution >= 0.6 is 11.6 Å². The van der Waals surface area contributed by atoms with E-state index in [0.717, 1.165) is 10.6 Å². The van der Waals surface area contributed by atoms with Crippen molar-refractivity contribution in [1.82, 2.24) is 0 Å². The molecule has 0 N–H and O–H groups in total. The van der Waals surface area contributed by atoms with Crippen LogP contribution < -0.4 is 0 Å². The minimum absolute atomic E-state index is 0.582. The highest BCUT2D eigenvalue weighted by Crippen LogP contribution is 2.27. The molecule has 72 valence electrons. The first-order valence-corrected chi connectivity index (χ1v) is 5.16. The summed E-state index contributed by atoms with van der Waals surface area (Å²) < 4.78 is 0. The van der Waals surface area contributed by atoms with Crippen molar-refractivity contribution in [1.29, 1.82) is 0 Å². The Morgan fingerprint density at radius 1 is 1.15 bits per heavy atom. The largest absolute Gasteiger partial charge is 0.0840 e. The van der Waals surface area contributed by atoms with Crippen molar-refractivity contribution >= 4 is 11.6 Å². The molecule has 1 unspecified atom stereocenters. The highest BCUT2D eigenvalue weighted by Gasteiger charge is 2.10. The van der Waals surface area contributed by atoms with Gasteiger partial charge in [0.15, 0.2) is 0 Å². The number of aryl methyl sites for hydroxylation is 1. The molecule has 0 amide bonds. The fraction of sp³-hybridized carbons (Fsp3) is 0.500. The van der Waals surface area contributed by atoms with Gasteiger partial charge < -0.3 is 0 Å². The predicted octanol–water partition coefficient (Wildman–Crippen LogP) is 4.41. The Morgan fingerprint density at radius 2 is 1.77 bits per heavy atom. The molecule has 0 heterocycles. The molecule has 0 bridgehead atoms. The van der Waals surface area contributed by atoms with Crippen LogP contribution in [0.2, 0.25) is 5.02 Å². The molecule has 0 nitrogen and oxygen atoms in total. The fourth-order valence-corrected chi connectivity index (χ4v) is 1.47. The predicted molar refractivity (Wildman–Crippen MR) is 59.4 cm³/mol. The number of benzene rings is 1. The van der Waals surface area contributed by atoms with Gasteiger partial charge in [-0.3, -0.25) is 0 Å². The summed E-state index contributed by atoms with van der Waals surface area (Å²) in [6.45, 7) is 8.74. The summed E-state index contributed by atoms with van der Waals surface area (Å²) >= 11 is 6.06. The van der Waals surface area contributed by atoms with E-state index in [0.29, 0.717) is 11.8 Å². The van der Waals surface area contributed by atoms with Crippen LogP contribution in [0.5, 0.6) is 0 Å². The van der Waals surface area contributed by atoms with Crippen molar-refractivity contribution in [2.24, 2.45) is 5.92 Å². The molecule has 0 saturated carbocycles. The first kappa shape index (κ1) is 10.6.